The van der Waals surface area contributed by atoms with Gasteiger partial charge in [0.2, 0.25) is 0 Å². The second-order valence-corrected chi connectivity index (χ2v) is 6.80. The van der Waals surface area contributed by atoms with E-state index in [4.69, 9.17) is 31.8 Å². The molecule has 2 N–H and O–H groups in total. The summed E-state index contributed by atoms with van der Waals surface area (Å²) < 4.78 is 13.6. The van der Waals surface area contributed by atoms with Gasteiger partial charge in [-0.1, -0.05) is 23.7 Å². The molecule has 0 amide bonds. The van der Waals surface area contributed by atoms with E-state index >= 15 is 0 Å². The summed E-state index contributed by atoms with van der Waals surface area (Å²) in [6.07, 6.45) is 4.68. The minimum Gasteiger partial charge on any atom is -0.493 e. The van der Waals surface area contributed by atoms with E-state index in [1.165, 1.54) is 0 Å². The van der Waals surface area contributed by atoms with Gasteiger partial charge in [0, 0.05) is 35.1 Å². The van der Waals surface area contributed by atoms with Crippen LogP contribution < -0.4 is 15.2 Å². The Morgan fingerprint density at radius 2 is 1.79 bits per heavy atom. The van der Waals surface area contributed by atoms with E-state index in [2.05, 4.69) is 0 Å². The van der Waals surface area contributed by atoms with Gasteiger partial charge in [-0.05, 0) is 48.5 Å². The van der Waals surface area contributed by atoms with Crippen molar-refractivity contribution in [1.82, 2.24) is 9.38 Å². The lowest BCUT2D eigenvalue weighted by molar-refractivity contribution is 0.248. The summed E-state index contributed by atoms with van der Waals surface area (Å²) in [5.74, 6) is 1.54. The van der Waals surface area contributed by atoms with E-state index < -0.39 is 0 Å². The Labute approximate surface area is 168 Å². The standard InChI is InChI=1S/C22H20ClN3O2/c23-17-7-9-19(10-8-17)27-12-3-13-28-21-6-2-11-26-15-20(25-22(21)26)16-4-1-5-18(24)14-16/h1-2,4-11,14-15H,3,12-13,24H2. The molecule has 4 rings (SSSR count). The molecule has 5 nitrogen and oxygen atoms in total. The number of nitrogens with zero attached hydrogens (tertiary/aromatic N) is 2. The number of pyridine rings is 1. The molecular weight excluding hydrogens is 374 g/mol. The third-order valence-corrected chi connectivity index (χ3v) is 4.51. The molecule has 2 aromatic carbocycles. The van der Waals surface area contributed by atoms with Crippen molar-refractivity contribution in [3.8, 4) is 22.8 Å². The quantitative estimate of drug-likeness (QED) is 0.351. The van der Waals surface area contributed by atoms with Gasteiger partial charge in [0.25, 0.3) is 0 Å². The van der Waals surface area contributed by atoms with Crippen LogP contribution in [0.4, 0.5) is 5.69 Å². The number of hydrogen-bond donors (Lipinski definition) is 1. The highest BCUT2D eigenvalue weighted by atomic mass is 35.5. The third-order valence-electron chi connectivity index (χ3n) is 4.26. The van der Waals surface area contributed by atoms with Gasteiger partial charge in [0.05, 0.1) is 18.9 Å². The van der Waals surface area contributed by atoms with Gasteiger partial charge in [-0.25, -0.2) is 4.98 Å². The second kappa shape index (κ2) is 8.23. The number of aromatic nitrogens is 2. The number of anilines is 1. The monoisotopic (exact) mass is 393 g/mol. The summed E-state index contributed by atoms with van der Waals surface area (Å²) in [6.45, 7) is 1.10. The molecule has 28 heavy (non-hydrogen) atoms. The van der Waals surface area contributed by atoms with E-state index in [0.717, 1.165) is 34.8 Å². The number of imidazole rings is 1. The van der Waals surface area contributed by atoms with Gasteiger partial charge in [-0.15, -0.1) is 0 Å². The van der Waals surface area contributed by atoms with Crippen molar-refractivity contribution >= 4 is 22.9 Å². The summed E-state index contributed by atoms with van der Waals surface area (Å²) in [4.78, 5) is 4.72. The third kappa shape index (κ3) is 4.21. The van der Waals surface area contributed by atoms with Gasteiger partial charge >= 0.3 is 0 Å². The van der Waals surface area contributed by atoms with Crippen molar-refractivity contribution in [2.24, 2.45) is 0 Å². The summed E-state index contributed by atoms with van der Waals surface area (Å²) in [5.41, 5.74) is 9.21. The Balaban J connectivity index is 1.39. The summed E-state index contributed by atoms with van der Waals surface area (Å²) in [6, 6.07) is 18.9. The van der Waals surface area contributed by atoms with E-state index in [0.29, 0.717) is 23.9 Å². The van der Waals surface area contributed by atoms with Crippen LogP contribution >= 0.6 is 11.6 Å². The highest BCUT2D eigenvalue weighted by molar-refractivity contribution is 6.30. The van der Waals surface area contributed by atoms with Crippen LogP contribution in [0.3, 0.4) is 0 Å². The molecule has 2 aromatic heterocycles. The number of hydrogen-bond acceptors (Lipinski definition) is 4. The van der Waals surface area contributed by atoms with Gasteiger partial charge in [0.1, 0.15) is 5.75 Å². The van der Waals surface area contributed by atoms with Crippen molar-refractivity contribution in [1.29, 1.82) is 0 Å². The molecular formula is C22H20ClN3O2. The highest BCUT2D eigenvalue weighted by Crippen LogP contribution is 2.25. The number of ether oxygens (including phenoxy) is 2. The Morgan fingerprint density at radius 3 is 2.61 bits per heavy atom. The molecule has 142 valence electrons. The summed E-state index contributed by atoms with van der Waals surface area (Å²) >= 11 is 5.87. The topological polar surface area (TPSA) is 61.8 Å². The molecule has 2 heterocycles. The zero-order chi connectivity index (χ0) is 19.3. The van der Waals surface area contributed by atoms with E-state index in [1.54, 1.807) is 0 Å². The molecule has 4 aromatic rings. The zero-order valence-corrected chi connectivity index (χ0v) is 16.0. The average molecular weight is 394 g/mol. The largest absolute Gasteiger partial charge is 0.493 e. The lowest BCUT2D eigenvalue weighted by atomic mass is 10.1. The number of rotatable bonds is 7. The molecule has 0 spiro atoms. The Morgan fingerprint density at radius 1 is 0.964 bits per heavy atom. The van der Waals surface area contributed by atoms with E-state index in [9.17, 15) is 0 Å². The Bertz CT molecular complexity index is 1080. The normalized spacial score (nSPS) is 10.9. The SMILES string of the molecule is Nc1cccc(-c2cn3cccc(OCCCOc4ccc(Cl)cc4)c3n2)c1. The van der Waals surface area contributed by atoms with Crippen molar-refractivity contribution in [3.63, 3.8) is 0 Å². The number of nitrogen functional groups attached to an aromatic ring is 1. The first-order valence-corrected chi connectivity index (χ1v) is 9.42. The predicted molar refractivity (Wildman–Crippen MR) is 112 cm³/mol. The molecule has 0 fully saturated rings. The average Bonchev–Trinajstić information content (AvgIpc) is 3.14. The molecule has 0 aliphatic carbocycles. The molecule has 0 radical (unpaired) electrons. The molecule has 6 heteroatoms. The van der Waals surface area contributed by atoms with Gasteiger partial charge in [-0.2, -0.15) is 0 Å². The molecule has 0 bridgehead atoms. The minimum atomic E-state index is 0.535. The smallest absolute Gasteiger partial charge is 0.180 e. The minimum absolute atomic E-state index is 0.535. The fourth-order valence-electron chi connectivity index (χ4n) is 2.90. The number of nitrogens with two attached hydrogens (primary N) is 1. The number of benzene rings is 2. The van der Waals surface area contributed by atoms with Crippen LogP contribution in [0.1, 0.15) is 6.42 Å². The first-order chi connectivity index (χ1) is 13.7. The molecule has 0 unspecified atom stereocenters. The highest BCUT2D eigenvalue weighted by Gasteiger charge is 2.09. The van der Waals surface area contributed by atoms with Gasteiger partial charge in [-0.3, -0.25) is 0 Å². The fourth-order valence-corrected chi connectivity index (χ4v) is 3.02. The molecule has 0 aliphatic heterocycles. The summed E-state index contributed by atoms with van der Waals surface area (Å²) in [7, 11) is 0. The maximum atomic E-state index is 5.94. The summed E-state index contributed by atoms with van der Waals surface area (Å²) in [5, 5.41) is 0.695. The number of fused-ring (bicyclic) bond motifs is 1. The predicted octanol–water partition coefficient (Wildman–Crippen LogP) is 5.08. The molecule has 0 aliphatic rings. The van der Waals surface area contributed by atoms with E-state index in [-0.39, 0.29) is 0 Å². The van der Waals surface area contributed by atoms with Crippen molar-refractivity contribution in [3.05, 3.63) is 78.1 Å². The van der Waals surface area contributed by atoms with Crippen LogP contribution in [-0.4, -0.2) is 22.6 Å². The lowest BCUT2D eigenvalue weighted by Crippen LogP contribution is -2.05. The molecule has 0 saturated heterocycles. The molecule has 0 saturated carbocycles. The van der Waals surface area contributed by atoms with Crippen LogP contribution in [0.15, 0.2) is 73.1 Å². The van der Waals surface area contributed by atoms with Crippen molar-refractivity contribution in [2.45, 2.75) is 6.42 Å². The van der Waals surface area contributed by atoms with Crippen LogP contribution in [0.25, 0.3) is 16.9 Å². The second-order valence-electron chi connectivity index (χ2n) is 6.36. The number of halogens is 1. The van der Waals surface area contributed by atoms with E-state index in [1.807, 2.05) is 77.5 Å². The maximum absolute atomic E-state index is 5.94. The molecule has 0 atom stereocenters. The first kappa shape index (κ1) is 18.2. The van der Waals surface area contributed by atoms with Gasteiger partial charge in [0.15, 0.2) is 11.4 Å². The Kier molecular flexibility index (Phi) is 5.35. The Hall–Kier alpha value is -3.18. The van der Waals surface area contributed by atoms with Crippen molar-refractivity contribution in [2.75, 3.05) is 18.9 Å². The van der Waals surface area contributed by atoms with Crippen LogP contribution in [0.5, 0.6) is 11.5 Å². The van der Waals surface area contributed by atoms with Crippen molar-refractivity contribution < 1.29 is 9.47 Å². The van der Waals surface area contributed by atoms with Crippen LogP contribution in [0.2, 0.25) is 5.02 Å². The first-order valence-electron chi connectivity index (χ1n) is 9.04. The lowest BCUT2D eigenvalue weighted by Gasteiger charge is -2.08. The fraction of sp³-hybridized carbons (Fsp3) is 0.136. The maximum Gasteiger partial charge on any atom is 0.180 e. The van der Waals surface area contributed by atoms with Gasteiger partial charge < -0.3 is 19.6 Å². The van der Waals surface area contributed by atoms with Crippen LogP contribution in [0, 0.1) is 0 Å². The van der Waals surface area contributed by atoms with Crippen LogP contribution in [-0.2, 0) is 0 Å². The zero-order valence-electron chi connectivity index (χ0n) is 15.2.